The molecular formula is C14H19F3N2. The maximum Gasteiger partial charge on any atom is 0.418 e. The second-order valence-electron chi connectivity index (χ2n) is 5.47. The van der Waals surface area contributed by atoms with E-state index >= 15 is 0 Å². The third-order valence-corrected chi connectivity index (χ3v) is 4.16. The number of anilines is 2. The van der Waals surface area contributed by atoms with Crippen molar-refractivity contribution in [2.75, 3.05) is 11.1 Å². The molecule has 1 aliphatic rings. The van der Waals surface area contributed by atoms with Crippen LogP contribution in [0.4, 0.5) is 24.5 Å². The smallest absolute Gasteiger partial charge is 0.399 e. The highest BCUT2D eigenvalue weighted by Gasteiger charge is 2.36. The third-order valence-electron chi connectivity index (χ3n) is 4.16. The minimum absolute atomic E-state index is 0.0970. The van der Waals surface area contributed by atoms with Crippen LogP contribution in [0.2, 0.25) is 0 Å². The van der Waals surface area contributed by atoms with Gasteiger partial charge >= 0.3 is 6.18 Å². The SMILES string of the molecule is CC1CCC(Nc2ccc(N)cc2C(F)(F)F)C1C. The van der Waals surface area contributed by atoms with Crippen LogP contribution in [0.5, 0.6) is 0 Å². The van der Waals surface area contributed by atoms with E-state index < -0.39 is 11.7 Å². The van der Waals surface area contributed by atoms with E-state index in [1.54, 1.807) is 0 Å². The van der Waals surface area contributed by atoms with Gasteiger partial charge < -0.3 is 11.1 Å². The first-order valence-corrected chi connectivity index (χ1v) is 6.52. The molecule has 106 valence electrons. The van der Waals surface area contributed by atoms with Gasteiger partial charge in [0.2, 0.25) is 0 Å². The Labute approximate surface area is 111 Å². The fourth-order valence-corrected chi connectivity index (χ4v) is 2.69. The van der Waals surface area contributed by atoms with Crippen molar-refractivity contribution in [2.45, 2.75) is 38.9 Å². The maximum absolute atomic E-state index is 13.0. The summed E-state index contributed by atoms with van der Waals surface area (Å²) in [4.78, 5) is 0. The summed E-state index contributed by atoms with van der Waals surface area (Å²) >= 11 is 0. The van der Waals surface area contributed by atoms with Gasteiger partial charge in [-0.15, -0.1) is 0 Å². The lowest BCUT2D eigenvalue weighted by molar-refractivity contribution is -0.136. The van der Waals surface area contributed by atoms with E-state index in [0.29, 0.717) is 11.8 Å². The minimum Gasteiger partial charge on any atom is -0.399 e. The molecule has 1 aromatic rings. The topological polar surface area (TPSA) is 38.0 Å². The zero-order valence-electron chi connectivity index (χ0n) is 11.1. The number of alkyl halides is 3. The van der Waals surface area contributed by atoms with Crippen LogP contribution in [-0.2, 0) is 6.18 Å². The summed E-state index contributed by atoms with van der Waals surface area (Å²) in [6.07, 6.45) is -2.43. The molecule has 3 N–H and O–H groups in total. The first-order valence-electron chi connectivity index (χ1n) is 6.52. The normalized spacial score (nSPS) is 27.5. The van der Waals surface area contributed by atoms with Gasteiger partial charge in [0.25, 0.3) is 0 Å². The van der Waals surface area contributed by atoms with E-state index in [0.717, 1.165) is 18.9 Å². The van der Waals surface area contributed by atoms with Crippen LogP contribution in [0.25, 0.3) is 0 Å². The summed E-state index contributed by atoms with van der Waals surface area (Å²) < 4.78 is 38.9. The fourth-order valence-electron chi connectivity index (χ4n) is 2.69. The van der Waals surface area contributed by atoms with Crippen molar-refractivity contribution in [2.24, 2.45) is 11.8 Å². The van der Waals surface area contributed by atoms with Gasteiger partial charge in [0.1, 0.15) is 0 Å². The summed E-state index contributed by atoms with van der Waals surface area (Å²) in [5.74, 6) is 0.916. The van der Waals surface area contributed by atoms with Crippen LogP contribution < -0.4 is 11.1 Å². The highest BCUT2D eigenvalue weighted by atomic mass is 19.4. The average Bonchev–Trinajstić information content (AvgIpc) is 2.62. The van der Waals surface area contributed by atoms with Crippen LogP contribution in [-0.4, -0.2) is 6.04 Å². The second kappa shape index (κ2) is 4.94. The van der Waals surface area contributed by atoms with Gasteiger partial charge in [-0.05, 0) is 42.9 Å². The lowest BCUT2D eigenvalue weighted by atomic mass is 9.97. The van der Waals surface area contributed by atoms with Gasteiger partial charge in [0.15, 0.2) is 0 Å². The van der Waals surface area contributed by atoms with Gasteiger partial charge in [0, 0.05) is 17.4 Å². The predicted molar refractivity (Wildman–Crippen MR) is 70.8 cm³/mol. The van der Waals surface area contributed by atoms with Crippen molar-refractivity contribution in [3.63, 3.8) is 0 Å². The average molecular weight is 272 g/mol. The molecular weight excluding hydrogens is 253 g/mol. The quantitative estimate of drug-likeness (QED) is 0.794. The number of nitrogens with one attached hydrogen (secondary N) is 1. The molecule has 1 aliphatic carbocycles. The van der Waals surface area contributed by atoms with Gasteiger partial charge in [-0.1, -0.05) is 13.8 Å². The van der Waals surface area contributed by atoms with Crippen molar-refractivity contribution in [1.82, 2.24) is 0 Å². The Bertz CT molecular complexity index is 456. The highest BCUT2D eigenvalue weighted by molar-refractivity contribution is 5.59. The molecule has 0 aliphatic heterocycles. The van der Waals surface area contributed by atoms with Gasteiger partial charge in [-0.25, -0.2) is 0 Å². The molecule has 2 nitrogen and oxygen atoms in total. The number of benzene rings is 1. The summed E-state index contributed by atoms with van der Waals surface area (Å²) in [6.45, 7) is 4.22. The molecule has 5 heteroatoms. The number of hydrogen-bond donors (Lipinski definition) is 2. The van der Waals surface area contributed by atoms with Crippen molar-refractivity contribution in [3.8, 4) is 0 Å². The third kappa shape index (κ3) is 2.96. The molecule has 0 heterocycles. The Morgan fingerprint density at radius 1 is 1.21 bits per heavy atom. The van der Waals surface area contributed by atoms with Gasteiger partial charge in [-0.2, -0.15) is 13.2 Å². The highest BCUT2D eigenvalue weighted by Crippen LogP contribution is 2.39. The monoisotopic (exact) mass is 272 g/mol. The predicted octanol–water partition coefficient (Wildman–Crippen LogP) is 4.13. The Morgan fingerprint density at radius 3 is 2.42 bits per heavy atom. The molecule has 0 spiro atoms. The lowest BCUT2D eigenvalue weighted by Crippen LogP contribution is -2.25. The molecule has 3 unspecified atom stereocenters. The van der Waals surface area contributed by atoms with E-state index in [9.17, 15) is 13.2 Å². The summed E-state index contributed by atoms with van der Waals surface area (Å²) in [5.41, 5.74) is 5.04. The standard InChI is InChI=1S/C14H19F3N2/c1-8-3-5-12(9(8)2)19-13-6-4-10(18)7-11(13)14(15,16)17/h4,6-9,12,19H,3,5,18H2,1-2H3. The molecule has 2 rings (SSSR count). The molecule has 0 radical (unpaired) electrons. The Hall–Kier alpha value is -1.39. The molecule has 3 atom stereocenters. The Kier molecular flexibility index (Phi) is 3.65. The van der Waals surface area contributed by atoms with Crippen molar-refractivity contribution in [1.29, 1.82) is 0 Å². The van der Waals surface area contributed by atoms with Crippen LogP contribution in [0.3, 0.4) is 0 Å². The fraction of sp³-hybridized carbons (Fsp3) is 0.571. The second-order valence-corrected chi connectivity index (χ2v) is 5.47. The van der Waals surface area contributed by atoms with Crippen LogP contribution >= 0.6 is 0 Å². The van der Waals surface area contributed by atoms with E-state index in [2.05, 4.69) is 19.2 Å². The van der Waals surface area contributed by atoms with Crippen LogP contribution in [0.1, 0.15) is 32.3 Å². The van der Waals surface area contributed by atoms with Crippen molar-refractivity contribution in [3.05, 3.63) is 23.8 Å². The first kappa shape index (κ1) is 14.0. The zero-order chi connectivity index (χ0) is 14.2. The van der Waals surface area contributed by atoms with Crippen LogP contribution in [0, 0.1) is 11.8 Å². The van der Waals surface area contributed by atoms with E-state index in [4.69, 9.17) is 5.73 Å². The van der Waals surface area contributed by atoms with Gasteiger partial charge in [0.05, 0.1) is 5.56 Å². The summed E-state index contributed by atoms with van der Waals surface area (Å²) in [7, 11) is 0. The number of hydrogen-bond acceptors (Lipinski definition) is 2. The largest absolute Gasteiger partial charge is 0.418 e. The molecule has 0 saturated heterocycles. The Balaban J connectivity index is 2.25. The summed E-state index contributed by atoms with van der Waals surface area (Å²) in [6, 6.07) is 4.01. The molecule has 0 bridgehead atoms. The van der Waals surface area contributed by atoms with E-state index in [-0.39, 0.29) is 17.4 Å². The minimum atomic E-state index is -4.38. The van der Waals surface area contributed by atoms with E-state index in [1.165, 1.54) is 12.1 Å². The van der Waals surface area contributed by atoms with E-state index in [1.807, 2.05) is 0 Å². The molecule has 1 saturated carbocycles. The molecule has 0 amide bonds. The van der Waals surface area contributed by atoms with Crippen molar-refractivity contribution >= 4 is 11.4 Å². The Morgan fingerprint density at radius 2 is 1.89 bits per heavy atom. The maximum atomic E-state index is 13.0. The number of rotatable bonds is 2. The first-order chi connectivity index (χ1) is 8.79. The molecule has 1 fully saturated rings. The zero-order valence-corrected chi connectivity index (χ0v) is 11.1. The number of nitrogens with two attached hydrogens (primary N) is 1. The van der Waals surface area contributed by atoms with Crippen molar-refractivity contribution < 1.29 is 13.2 Å². The number of halogens is 3. The molecule has 0 aromatic heterocycles. The number of nitrogen functional groups attached to an aromatic ring is 1. The summed E-state index contributed by atoms with van der Waals surface area (Å²) in [5, 5.41) is 3.05. The van der Waals surface area contributed by atoms with Crippen LogP contribution in [0.15, 0.2) is 18.2 Å². The van der Waals surface area contributed by atoms with Gasteiger partial charge in [-0.3, -0.25) is 0 Å². The molecule has 1 aromatic carbocycles. The lowest BCUT2D eigenvalue weighted by Gasteiger charge is -2.23. The molecule has 19 heavy (non-hydrogen) atoms.